The second-order valence-corrected chi connectivity index (χ2v) is 6.03. The standard InChI is InChI=1S/C18H19N5O/c1-2-7-14(8-3-1)13-23-12-5-4-10-16(23)18-20-17(22-24-18)15-9-6-11-19-21-15/h1-3,6-9,11,16H,4-5,10,12-13H2/t16-/m1/s1. The maximum absolute atomic E-state index is 5.56. The van der Waals surface area contributed by atoms with Crippen LogP contribution in [0.1, 0.15) is 36.8 Å². The van der Waals surface area contributed by atoms with Crippen LogP contribution in [0.5, 0.6) is 0 Å². The van der Waals surface area contributed by atoms with Crippen molar-refractivity contribution in [3.63, 3.8) is 0 Å². The minimum Gasteiger partial charge on any atom is -0.337 e. The normalized spacial score (nSPS) is 18.6. The molecule has 0 amide bonds. The average molecular weight is 321 g/mol. The molecule has 2 aromatic heterocycles. The van der Waals surface area contributed by atoms with Crippen LogP contribution in [0.25, 0.3) is 11.5 Å². The zero-order valence-corrected chi connectivity index (χ0v) is 13.4. The molecule has 0 aliphatic carbocycles. The lowest BCUT2D eigenvalue weighted by atomic mass is 10.0. The molecule has 1 fully saturated rings. The van der Waals surface area contributed by atoms with E-state index in [0.29, 0.717) is 17.4 Å². The Morgan fingerprint density at radius 1 is 1.08 bits per heavy atom. The number of hydrogen-bond acceptors (Lipinski definition) is 6. The van der Waals surface area contributed by atoms with E-state index in [-0.39, 0.29) is 6.04 Å². The summed E-state index contributed by atoms with van der Waals surface area (Å²) in [7, 11) is 0. The van der Waals surface area contributed by atoms with E-state index in [4.69, 9.17) is 4.52 Å². The molecule has 1 atom stereocenters. The van der Waals surface area contributed by atoms with Crippen LogP contribution in [0.2, 0.25) is 0 Å². The summed E-state index contributed by atoms with van der Waals surface area (Å²) in [6.07, 6.45) is 5.05. The van der Waals surface area contributed by atoms with Crippen molar-refractivity contribution >= 4 is 0 Å². The van der Waals surface area contributed by atoms with Crippen molar-refractivity contribution in [2.45, 2.75) is 31.8 Å². The molecule has 1 aromatic carbocycles. The number of piperidine rings is 1. The number of hydrogen-bond donors (Lipinski definition) is 0. The maximum Gasteiger partial charge on any atom is 0.244 e. The summed E-state index contributed by atoms with van der Waals surface area (Å²) in [5.74, 6) is 1.18. The molecule has 0 unspecified atom stereocenters. The van der Waals surface area contributed by atoms with Gasteiger partial charge in [-0.1, -0.05) is 41.9 Å². The van der Waals surface area contributed by atoms with Gasteiger partial charge in [0.25, 0.3) is 0 Å². The third-order valence-corrected chi connectivity index (χ3v) is 4.37. The average Bonchev–Trinajstić information content (AvgIpc) is 3.14. The van der Waals surface area contributed by atoms with Crippen molar-refractivity contribution in [1.82, 2.24) is 25.2 Å². The first kappa shape index (κ1) is 15.0. The first-order chi connectivity index (χ1) is 11.9. The van der Waals surface area contributed by atoms with Gasteiger partial charge in [0.15, 0.2) is 0 Å². The van der Waals surface area contributed by atoms with E-state index >= 15 is 0 Å². The largest absolute Gasteiger partial charge is 0.337 e. The number of nitrogens with zero attached hydrogens (tertiary/aromatic N) is 5. The molecule has 1 aliphatic rings. The Morgan fingerprint density at radius 2 is 2.00 bits per heavy atom. The number of aromatic nitrogens is 4. The zero-order valence-electron chi connectivity index (χ0n) is 13.4. The zero-order chi connectivity index (χ0) is 16.2. The van der Waals surface area contributed by atoms with Gasteiger partial charge in [-0.2, -0.15) is 10.1 Å². The molecule has 4 rings (SSSR count). The van der Waals surface area contributed by atoms with Crippen molar-refractivity contribution in [1.29, 1.82) is 0 Å². The van der Waals surface area contributed by atoms with E-state index in [1.807, 2.05) is 18.2 Å². The van der Waals surface area contributed by atoms with Crippen molar-refractivity contribution in [2.75, 3.05) is 6.54 Å². The highest BCUT2D eigenvalue weighted by Crippen LogP contribution is 2.32. The van der Waals surface area contributed by atoms with Crippen LogP contribution in [-0.2, 0) is 6.54 Å². The molecule has 3 heterocycles. The highest BCUT2D eigenvalue weighted by Gasteiger charge is 2.29. The molecule has 0 radical (unpaired) electrons. The third kappa shape index (κ3) is 3.19. The minimum atomic E-state index is 0.164. The lowest BCUT2D eigenvalue weighted by molar-refractivity contribution is 0.111. The van der Waals surface area contributed by atoms with Gasteiger partial charge in [0, 0.05) is 12.7 Å². The molecule has 0 spiro atoms. The van der Waals surface area contributed by atoms with Crippen LogP contribution in [-0.4, -0.2) is 31.8 Å². The third-order valence-electron chi connectivity index (χ3n) is 4.37. The monoisotopic (exact) mass is 321 g/mol. The van der Waals surface area contributed by atoms with Crippen LogP contribution in [0, 0.1) is 0 Å². The van der Waals surface area contributed by atoms with Gasteiger partial charge in [-0.25, -0.2) is 0 Å². The number of benzene rings is 1. The lowest BCUT2D eigenvalue weighted by Gasteiger charge is -2.33. The second kappa shape index (κ2) is 6.88. The quantitative estimate of drug-likeness (QED) is 0.735. The van der Waals surface area contributed by atoms with Crippen LogP contribution < -0.4 is 0 Å². The Balaban J connectivity index is 1.56. The Hall–Kier alpha value is -2.60. The molecule has 0 bridgehead atoms. The van der Waals surface area contributed by atoms with Gasteiger partial charge in [-0.05, 0) is 37.1 Å². The van der Waals surface area contributed by atoms with Gasteiger partial charge < -0.3 is 4.52 Å². The molecule has 1 saturated heterocycles. The van der Waals surface area contributed by atoms with Gasteiger partial charge in [0.2, 0.25) is 11.7 Å². The van der Waals surface area contributed by atoms with Gasteiger partial charge >= 0.3 is 0 Å². The maximum atomic E-state index is 5.56. The molecular weight excluding hydrogens is 302 g/mol. The van der Waals surface area contributed by atoms with Crippen molar-refractivity contribution in [3.8, 4) is 11.5 Å². The highest BCUT2D eigenvalue weighted by molar-refractivity contribution is 5.46. The summed E-state index contributed by atoms with van der Waals surface area (Å²) < 4.78 is 5.56. The minimum absolute atomic E-state index is 0.164. The van der Waals surface area contributed by atoms with Crippen LogP contribution in [0.3, 0.4) is 0 Å². The lowest BCUT2D eigenvalue weighted by Crippen LogP contribution is -2.33. The summed E-state index contributed by atoms with van der Waals surface area (Å²) in [6, 6.07) is 14.3. The molecule has 1 aliphatic heterocycles. The second-order valence-electron chi connectivity index (χ2n) is 6.03. The molecule has 6 nitrogen and oxygen atoms in total. The summed E-state index contributed by atoms with van der Waals surface area (Å²) in [5, 5.41) is 12.0. The molecule has 3 aromatic rings. The van der Waals surface area contributed by atoms with Gasteiger partial charge in [-0.3, -0.25) is 4.90 Å². The fraction of sp³-hybridized carbons (Fsp3) is 0.333. The molecule has 0 N–H and O–H groups in total. The van der Waals surface area contributed by atoms with E-state index in [9.17, 15) is 0 Å². The predicted octanol–water partition coefficient (Wildman–Crippen LogP) is 3.25. The van der Waals surface area contributed by atoms with E-state index in [1.165, 1.54) is 18.4 Å². The van der Waals surface area contributed by atoms with E-state index in [2.05, 4.69) is 49.5 Å². The Morgan fingerprint density at radius 3 is 2.83 bits per heavy atom. The summed E-state index contributed by atoms with van der Waals surface area (Å²) in [5.41, 5.74) is 1.94. The van der Waals surface area contributed by atoms with Gasteiger partial charge in [-0.15, -0.1) is 5.10 Å². The number of likely N-dealkylation sites (tertiary alicyclic amines) is 1. The molecular formula is C18H19N5O. The molecule has 0 saturated carbocycles. The van der Waals surface area contributed by atoms with E-state index in [1.54, 1.807) is 6.20 Å². The Labute approximate surface area is 140 Å². The van der Waals surface area contributed by atoms with Gasteiger partial charge in [0.1, 0.15) is 5.69 Å². The SMILES string of the molecule is c1ccc(CN2CCCC[C@@H]2c2nc(-c3cccnn3)no2)cc1. The van der Waals surface area contributed by atoms with E-state index < -0.39 is 0 Å². The summed E-state index contributed by atoms with van der Waals surface area (Å²) in [4.78, 5) is 7.00. The van der Waals surface area contributed by atoms with Crippen molar-refractivity contribution in [3.05, 3.63) is 60.1 Å². The Kier molecular flexibility index (Phi) is 4.29. The molecule has 122 valence electrons. The van der Waals surface area contributed by atoms with Crippen LogP contribution in [0.15, 0.2) is 53.2 Å². The first-order valence-corrected chi connectivity index (χ1v) is 8.30. The van der Waals surface area contributed by atoms with E-state index in [0.717, 1.165) is 19.5 Å². The van der Waals surface area contributed by atoms with Crippen molar-refractivity contribution in [2.24, 2.45) is 0 Å². The van der Waals surface area contributed by atoms with Crippen LogP contribution >= 0.6 is 0 Å². The fourth-order valence-electron chi connectivity index (χ4n) is 3.17. The summed E-state index contributed by atoms with van der Waals surface area (Å²) >= 11 is 0. The highest BCUT2D eigenvalue weighted by atomic mass is 16.5. The van der Waals surface area contributed by atoms with Crippen molar-refractivity contribution < 1.29 is 4.52 Å². The Bertz CT molecular complexity index is 774. The fourth-order valence-corrected chi connectivity index (χ4v) is 3.17. The molecule has 6 heteroatoms. The molecule has 24 heavy (non-hydrogen) atoms. The van der Waals surface area contributed by atoms with Gasteiger partial charge in [0.05, 0.1) is 6.04 Å². The topological polar surface area (TPSA) is 67.9 Å². The number of rotatable bonds is 4. The predicted molar refractivity (Wildman–Crippen MR) is 88.8 cm³/mol. The van der Waals surface area contributed by atoms with Crippen LogP contribution in [0.4, 0.5) is 0 Å². The summed E-state index contributed by atoms with van der Waals surface area (Å²) in [6.45, 7) is 1.94. The smallest absolute Gasteiger partial charge is 0.244 e. The first-order valence-electron chi connectivity index (χ1n) is 8.30.